The monoisotopic (exact) mass is 668 g/mol. The zero-order chi connectivity index (χ0) is 34.1. The number of carbonyl (C=O) groups excluding carboxylic acids is 1. The fraction of sp³-hybridized carbons (Fsp3) is 0.421. The van der Waals surface area contributed by atoms with E-state index in [-0.39, 0.29) is 40.4 Å². The minimum atomic E-state index is -4.14. The average Bonchev–Trinajstić information content (AvgIpc) is 3.05. The largest absolute Gasteiger partial charge is 0.477 e. The maximum atomic E-state index is 14.5. The van der Waals surface area contributed by atoms with Gasteiger partial charge in [-0.3, -0.25) is 9.78 Å². The number of ether oxygens (including phenoxy) is 2. The van der Waals surface area contributed by atoms with E-state index in [2.05, 4.69) is 41.5 Å². The molecule has 2 aliphatic rings. The standard InChI is InChI=1S/C38H44N4O5S/c1-24-9-6-10-25(2)35(24)33-19-34-41-37(40-33)42-48(44,45)31-13-7-11-26(17-31)36(43)32(29(23-47-34)20-38(3,4)5)18-30-15-14-27(21-39-30)28-12-8-16-46-22-28/h6-7,9-11,13-15,17,19,21,28-29,32H,8,12,16,18,20,22-23H2,1-5H3,(H,40,41,42)/t28?,29-,32?/m1/s1. The lowest BCUT2D eigenvalue weighted by Crippen LogP contribution is -2.33. The normalized spacial score (nSPS) is 21.2. The molecule has 252 valence electrons. The number of benzene rings is 2. The van der Waals surface area contributed by atoms with Crippen molar-refractivity contribution in [1.29, 1.82) is 0 Å². The zero-order valence-electron chi connectivity index (χ0n) is 28.3. The predicted octanol–water partition coefficient (Wildman–Crippen LogP) is 7.34. The Morgan fingerprint density at radius 3 is 2.42 bits per heavy atom. The quantitative estimate of drug-likeness (QED) is 0.235. The number of rotatable bonds is 5. The number of aryl methyl sites for hydroxylation is 2. The third-order valence-electron chi connectivity index (χ3n) is 9.23. The van der Waals surface area contributed by atoms with Crippen LogP contribution in [0.1, 0.15) is 78.7 Å². The van der Waals surface area contributed by atoms with Crippen LogP contribution in [0.3, 0.4) is 0 Å². The lowest BCUT2D eigenvalue weighted by atomic mass is 9.74. The number of sulfonamides is 1. The van der Waals surface area contributed by atoms with Crippen molar-refractivity contribution in [3.63, 3.8) is 0 Å². The van der Waals surface area contributed by atoms with Crippen molar-refractivity contribution in [3.05, 3.63) is 94.8 Å². The van der Waals surface area contributed by atoms with Gasteiger partial charge in [-0.2, -0.15) is 4.98 Å². The topological polar surface area (TPSA) is 120 Å². The molecule has 0 radical (unpaired) electrons. The highest BCUT2D eigenvalue weighted by molar-refractivity contribution is 7.92. The van der Waals surface area contributed by atoms with Crippen LogP contribution in [0.5, 0.6) is 5.88 Å². The molecule has 4 heterocycles. The molecule has 2 aromatic carbocycles. The third kappa shape index (κ3) is 7.76. The summed E-state index contributed by atoms with van der Waals surface area (Å²) in [6.07, 6.45) is 5.06. The summed E-state index contributed by atoms with van der Waals surface area (Å²) in [5.74, 6) is -0.469. The Hall–Kier alpha value is -4.15. The molecule has 3 atom stereocenters. The first-order valence-corrected chi connectivity index (χ1v) is 18.1. The van der Waals surface area contributed by atoms with Gasteiger partial charge in [0.25, 0.3) is 10.0 Å². The molecule has 9 nitrogen and oxygen atoms in total. The van der Waals surface area contributed by atoms with Gasteiger partial charge >= 0.3 is 0 Å². The average molecular weight is 669 g/mol. The van der Waals surface area contributed by atoms with E-state index in [4.69, 9.17) is 14.5 Å². The van der Waals surface area contributed by atoms with Gasteiger partial charge < -0.3 is 9.47 Å². The Bertz CT molecular complexity index is 1880. The smallest absolute Gasteiger partial charge is 0.264 e. The fourth-order valence-electron chi connectivity index (χ4n) is 6.90. The summed E-state index contributed by atoms with van der Waals surface area (Å²) >= 11 is 0. The summed E-state index contributed by atoms with van der Waals surface area (Å²) in [4.78, 5) is 28.4. The van der Waals surface area contributed by atoms with E-state index >= 15 is 0 Å². The van der Waals surface area contributed by atoms with Crippen molar-refractivity contribution in [2.24, 2.45) is 17.3 Å². The molecule has 0 aliphatic carbocycles. The van der Waals surface area contributed by atoms with Crippen LogP contribution in [0, 0.1) is 31.1 Å². The van der Waals surface area contributed by atoms with E-state index in [0.29, 0.717) is 36.6 Å². The number of hydrogen-bond donors (Lipinski definition) is 1. The van der Waals surface area contributed by atoms with Crippen LogP contribution in [-0.2, 0) is 21.2 Å². The van der Waals surface area contributed by atoms with Gasteiger partial charge in [0.05, 0.1) is 23.8 Å². The zero-order valence-corrected chi connectivity index (χ0v) is 29.1. The fourth-order valence-corrected chi connectivity index (χ4v) is 7.89. The van der Waals surface area contributed by atoms with Crippen LogP contribution in [0.25, 0.3) is 11.3 Å². The summed E-state index contributed by atoms with van der Waals surface area (Å²) in [5.41, 5.74) is 5.53. The molecule has 4 aromatic rings. The SMILES string of the molecule is Cc1cccc(C)c1-c1cc2nc(n1)NS(=O)(=O)c1cccc(c1)C(=O)C(Cc1ccc(C3CCCOC3)cn1)[C@H](CC(C)(C)C)CO2. The first kappa shape index (κ1) is 33.7. The molecule has 2 aliphatic heterocycles. The van der Waals surface area contributed by atoms with Gasteiger partial charge in [0.2, 0.25) is 11.8 Å². The molecule has 1 fully saturated rings. The number of hydrogen-bond acceptors (Lipinski definition) is 8. The minimum Gasteiger partial charge on any atom is -0.477 e. The minimum absolute atomic E-state index is 0.0422. The highest BCUT2D eigenvalue weighted by Crippen LogP contribution is 2.36. The molecule has 0 amide bonds. The van der Waals surface area contributed by atoms with Gasteiger partial charge in [0.1, 0.15) is 0 Å². The molecule has 0 spiro atoms. The molecule has 48 heavy (non-hydrogen) atoms. The van der Waals surface area contributed by atoms with E-state index in [1.807, 2.05) is 44.3 Å². The molecule has 2 unspecified atom stereocenters. The Morgan fingerprint density at radius 2 is 1.73 bits per heavy atom. The number of nitrogens with zero attached hydrogens (tertiary/aromatic N) is 3. The number of Topliss-reactive ketones (excluding diaryl/α,β-unsaturated/α-hetero) is 1. The number of aromatic nitrogens is 3. The van der Waals surface area contributed by atoms with Gasteiger partial charge in [0.15, 0.2) is 5.78 Å². The second-order valence-electron chi connectivity index (χ2n) is 14.3. The number of ketones is 1. The molecule has 10 heteroatoms. The summed E-state index contributed by atoms with van der Waals surface area (Å²) < 4.78 is 42.0. The Morgan fingerprint density at radius 1 is 0.958 bits per heavy atom. The number of carbonyl (C=O) groups is 1. The van der Waals surface area contributed by atoms with Crippen LogP contribution in [-0.4, -0.2) is 49.0 Å². The van der Waals surface area contributed by atoms with E-state index < -0.39 is 15.9 Å². The molecular weight excluding hydrogens is 625 g/mol. The molecule has 4 bridgehead atoms. The molecule has 0 saturated carbocycles. The van der Waals surface area contributed by atoms with Crippen LogP contribution in [0.4, 0.5) is 5.95 Å². The third-order valence-corrected chi connectivity index (χ3v) is 10.6. The predicted molar refractivity (Wildman–Crippen MR) is 186 cm³/mol. The summed E-state index contributed by atoms with van der Waals surface area (Å²) in [6.45, 7) is 12.1. The maximum Gasteiger partial charge on any atom is 0.264 e. The Labute approximate surface area is 283 Å². The van der Waals surface area contributed by atoms with Gasteiger partial charge in [-0.1, -0.05) is 57.2 Å². The van der Waals surface area contributed by atoms with Gasteiger partial charge in [-0.25, -0.2) is 18.1 Å². The van der Waals surface area contributed by atoms with Crippen molar-refractivity contribution in [2.75, 3.05) is 24.5 Å². The second-order valence-corrected chi connectivity index (χ2v) is 16.0. The van der Waals surface area contributed by atoms with E-state index in [1.54, 1.807) is 18.2 Å². The number of pyridine rings is 1. The first-order valence-electron chi connectivity index (χ1n) is 16.6. The maximum absolute atomic E-state index is 14.5. The first-order chi connectivity index (χ1) is 22.9. The van der Waals surface area contributed by atoms with E-state index in [0.717, 1.165) is 47.4 Å². The molecule has 1 N–H and O–H groups in total. The van der Waals surface area contributed by atoms with Gasteiger partial charge in [-0.05, 0) is 73.4 Å². The lowest BCUT2D eigenvalue weighted by molar-refractivity contribution is 0.0769. The summed E-state index contributed by atoms with van der Waals surface area (Å²) in [6, 6.07) is 18.0. The van der Waals surface area contributed by atoms with Crippen LogP contribution in [0.15, 0.2) is 71.8 Å². The molecule has 6 rings (SSSR count). The van der Waals surface area contributed by atoms with E-state index in [1.165, 1.54) is 12.1 Å². The summed E-state index contributed by atoms with van der Waals surface area (Å²) in [7, 11) is -4.14. The van der Waals surface area contributed by atoms with E-state index in [9.17, 15) is 13.2 Å². The van der Waals surface area contributed by atoms with Crippen molar-refractivity contribution >= 4 is 21.8 Å². The Balaban J connectivity index is 1.43. The van der Waals surface area contributed by atoms with Gasteiger partial charge in [-0.15, -0.1) is 0 Å². The van der Waals surface area contributed by atoms with Crippen LogP contribution >= 0.6 is 0 Å². The highest BCUT2D eigenvalue weighted by Gasteiger charge is 2.35. The number of fused-ring (bicyclic) bond motifs is 4. The Kier molecular flexibility index (Phi) is 9.67. The molecular formula is C38H44N4O5S. The van der Waals surface area contributed by atoms with Crippen LogP contribution < -0.4 is 9.46 Å². The molecule has 2 aromatic heterocycles. The lowest BCUT2D eigenvalue weighted by Gasteiger charge is -2.31. The van der Waals surface area contributed by atoms with Gasteiger partial charge in [0, 0.05) is 59.9 Å². The van der Waals surface area contributed by atoms with Crippen molar-refractivity contribution in [2.45, 2.75) is 71.1 Å². The number of anilines is 1. The highest BCUT2D eigenvalue weighted by atomic mass is 32.2. The van der Waals surface area contributed by atoms with Crippen molar-refractivity contribution in [3.8, 4) is 17.1 Å². The van der Waals surface area contributed by atoms with Crippen molar-refractivity contribution < 1.29 is 22.7 Å². The molecule has 1 saturated heterocycles. The summed E-state index contributed by atoms with van der Waals surface area (Å²) in [5, 5.41) is 0. The van der Waals surface area contributed by atoms with Crippen molar-refractivity contribution in [1.82, 2.24) is 15.0 Å². The van der Waals surface area contributed by atoms with Crippen LogP contribution in [0.2, 0.25) is 0 Å². The second kappa shape index (κ2) is 13.8. The number of nitrogens with one attached hydrogen (secondary N) is 1.